The van der Waals surface area contributed by atoms with Crippen molar-refractivity contribution in [3.63, 3.8) is 0 Å². The zero-order valence-corrected chi connectivity index (χ0v) is 8.21. The summed E-state index contributed by atoms with van der Waals surface area (Å²) in [5, 5.41) is 5.47. The first-order valence-corrected chi connectivity index (χ1v) is 5.59. The topological polar surface area (TPSA) is 93.2 Å². The van der Waals surface area contributed by atoms with Crippen LogP contribution in [0.1, 0.15) is 0 Å². The van der Waals surface area contributed by atoms with Gasteiger partial charge in [-0.2, -0.15) is 0 Å². The van der Waals surface area contributed by atoms with E-state index in [-0.39, 0.29) is 0 Å². The van der Waals surface area contributed by atoms with Gasteiger partial charge in [0.15, 0.2) is 0 Å². The van der Waals surface area contributed by atoms with Crippen molar-refractivity contribution < 1.29 is 4.57 Å². The molecule has 0 saturated carbocycles. The van der Waals surface area contributed by atoms with Crippen LogP contribution in [0.4, 0.5) is 11.4 Å². The van der Waals surface area contributed by atoms with Gasteiger partial charge < -0.3 is 10.4 Å². The molecule has 5 nitrogen and oxygen atoms in total. The Labute approximate surface area is 77.0 Å². The number of nitrogens with two attached hydrogens (primary N) is 2. The fraction of sp³-hybridized carbons (Fsp3) is 0.143. The molecule has 0 heterocycles. The van der Waals surface area contributed by atoms with Gasteiger partial charge in [-0.05, 0) is 24.3 Å². The van der Waals surface area contributed by atoms with Crippen LogP contribution in [0.3, 0.4) is 0 Å². The van der Waals surface area contributed by atoms with Gasteiger partial charge >= 0.3 is 0 Å². The van der Waals surface area contributed by atoms with Crippen LogP contribution in [0.25, 0.3) is 0 Å². The predicted molar refractivity (Wildman–Crippen MR) is 55.6 cm³/mol. The van der Waals surface area contributed by atoms with Crippen molar-refractivity contribution >= 4 is 19.0 Å². The third-order valence-electron chi connectivity index (χ3n) is 1.48. The molecule has 13 heavy (non-hydrogen) atoms. The number of benzene rings is 1. The first-order chi connectivity index (χ1) is 6.01. The normalized spacial score (nSPS) is 11.0. The fourth-order valence-electron chi connectivity index (χ4n) is 0.913. The quantitative estimate of drug-likeness (QED) is 0.549. The first kappa shape index (κ1) is 10.1. The minimum absolute atomic E-state index is 0.646. The maximum absolute atomic E-state index is 11.0. The number of hydrogen-bond acceptors (Lipinski definition) is 2. The molecular weight excluding hydrogens is 187 g/mol. The maximum Gasteiger partial charge on any atom is 0.298 e. The molecule has 0 saturated heterocycles. The van der Waals surface area contributed by atoms with Crippen molar-refractivity contribution in [3.8, 4) is 0 Å². The molecule has 0 unspecified atom stereocenters. The van der Waals surface area contributed by atoms with E-state index in [1.165, 1.54) is 0 Å². The molecular formula is C7H13N4OP. The molecule has 0 aromatic heterocycles. The van der Waals surface area contributed by atoms with E-state index in [9.17, 15) is 4.57 Å². The summed E-state index contributed by atoms with van der Waals surface area (Å²) in [5.74, 6) is 0. The Morgan fingerprint density at radius 1 is 1.15 bits per heavy atom. The van der Waals surface area contributed by atoms with Gasteiger partial charge in [-0.1, -0.05) is 0 Å². The largest absolute Gasteiger partial charge is 0.388 e. The molecule has 0 bridgehead atoms. The molecule has 6 N–H and O–H groups in total. The average molecular weight is 200 g/mol. The molecule has 1 rings (SSSR count). The molecule has 6 heteroatoms. The van der Waals surface area contributed by atoms with E-state index in [1.54, 1.807) is 12.1 Å². The third kappa shape index (κ3) is 3.46. The van der Waals surface area contributed by atoms with E-state index < -0.39 is 7.59 Å². The second-order valence-electron chi connectivity index (χ2n) is 2.65. The highest BCUT2D eigenvalue weighted by Crippen LogP contribution is 2.27. The van der Waals surface area contributed by atoms with Crippen LogP contribution in [0, 0.1) is 0 Å². The molecule has 72 valence electrons. The molecule has 0 aliphatic heterocycles. The van der Waals surface area contributed by atoms with Gasteiger partial charge in [-0.25, -0.2) is 0 Å². The van der Waals surface area contributed by atoms with Crippen LogP contribution in [0.15, 0.2) is 24.3 Å². The first-order valence-electron chi connectivity index (χ1n) is 3.74. The smallest absolute Gasteiger partial charge is 0.298 e. The van der Waals surface area contributed by atoms with Crippen LogP contribution in [0.2, 0.25) is 0 Å². The van der Waals surface area contributed by atoms with Gasteiger partial charge in [0.25, 0.3) is 7.59 Å². The SMILES string of the molecule is CNc1ccc(NP(N)(N)=O)cc1. The summed E-state index contributed by atoms with van der Waals surface area (Å²) >= 11 is 0. The predicted octanol–water partition coefficient (Wildman–Crippen LogP) is 1.17. The van der Waals surface area contributed by atoms with E-state index in [2.05, 4.69) is 10.4 Å². The monoisotopic (exact) mass is 200 g/mol. The van der Waals surface area contributed by atoms with Crippen molar-refractivity contribution in [2.24, 2.45) is 11.0 Å². The Morgan fingerprint density at radius 2 is 1.62 bits per heavy atom. The molecule has 0 fully saturated rings. The van der Waals surface area contributed by atoms with Crippen molar-refractivity contribution in [1.29, 1.82) is 0 Å². The lowest BCUT2D eigenvalue weighted by Gasteiger charge is -2.10. The Balaban J connectivity index is 2.76. The molecule has 0 atom stereocenters. The highest BCUT2D eigenvalue weighted by molar-refractivity contribution is 7.60. The Kier molecular flexibility index (Phi) is 2.93. The maximum atomic E-state index is 11.0. The highest BCUT2D eigenvalue weighted by atomic mass is 31.2. The van der Waals surface area contributed by atoms with Crippen LogP contribution >= 0.6 is 7.59 Å². The lowest BCUT2D eigenvalue weighted by atomic mass is 10.3. The molecule has 0 radical (unpaired) electrons. The second kappa shape index (κ2) is 3.79. The number of rotatable bonds is 3. The lowest BCUT2D eigenvalue weighted by Crippen LogP contribution is -2.13. The minimum Gasteiger partial charge on any atom is -0.388 e. The van der Waals surface area contributed by atoms with Crippen LogP contribution in [-0.4, -0.2) is 7.05 Å². The zero-order valence-electron chi connectivity index (χ0n) is 7.32. The Bertz CT molecular complexity index is 318. The summed E-state index contributed by atoms with van der Waals surface area (Å²) < 4.78 is 11.0. The van der Waals surface area contributed by atoms with Crippen molar-refractivity contribution in [3.05, 3.63) is 24.3 Å². The summed E-state index contributed by atoms with van der Waals surface area (Å²) in [7, 11) is -1.36. The highest BCUT2D eigenvalue weighted by Gasteiger charge is 2.06. The van der Waals surface area contributed by atoms with E-state index in [1.807, 2.05) is 19.2 Å². The van der Waals surface area contributed by atoms with Crippen LogP contribution < -0.4 is 21.4 Å². The average Bonchev–Trinajstić information content (AvgIpc) is 2.03. The Hall–Kier alpha value is -1.03. The van der Waals surface area contributed by atoms with Crippen molar-refractivity contribution in [2.75, 3.05) is 17.5 Å². The zero-order chi connectivity index (χ0) is 9.90. The molecule has 0 amide bonds. The molecule has 0 aliphatic rings. The molecule has 0 spiro atoms. The van der Waals surface area contributed by atoms with Gasteiger partial charge in [-0.3, -0.25) is 15.6 Å². The lowest BCUT2D eigenvalue weighted by molar-refractivity contribution is 0.580. The minimum atomic E-state index is -3.18. The number of hydrogen-bond donors (Lipinski definition) is 4. The van der Waals surface area contributed by atoms with Gasteiger partial charge in [0, 0.05) is 18.4 Å². The van der Waals surface area contributed by atoms with Crippen molar-refractivity contribution in [2.45, 2.75) is 0 Å². The summed E-state index contributed by atoms with van der Waals surface area (Å²) in [5.41, 5.74) is 11.9. The van der Waals surface area contributed by atoms with Crippen LogP contribution in [0.5, 0.6) is 0 Å². The summed E-state index contributed by atoms with van der Waals surface area (Å²) in [6.45, 7) is 0. The molecule has 1 aromatic rings. The number of anilines is 2. The fourth-order valence-corrected chi connectivity index (χ4v) is 1.47. The van der Waals surface area contributed by atoms with Crippen molar-refractivity contribution in [1.82, 2.24) is 0 Å². The standard InChI is InChI=1S/C7H13N4OP/c1-10-6-2-4-7(5-3-6)11-13(8,9)12/h2-5,10H,1H3,(H5,8,9,11,12). The summed E-state index contributed by atoms with van der Waals surface area (Å²) in [6, 6.07) is 7.16. The van der Waals surface area contributed by atoms with E-state index >= 15 is 0 Å². The summed E-state index contributed by atoms with van der Waals surface area (Å²) in [4.78, 5) is 0. The van der Waals surface area contributed by atoms with E-state index in [0.717, 1.165) is 5.69 Å². The second-order valence-corrected chi connectivity index (χ2v) is 4.29. The van der Waals surface area contributed by atoms with E-state index in [0.29, 0.717) is 5.69 Å². The third-order valence-corrected chi connectivity index (χ3v) is 2.09. The number of nitrogens with one attached hydrogen (secondary N) is 2. The van der Waals surface area contributed by atoms with Gasteiger partial charge in [0.1, 0.15) is 0 Å². The summed E-state index contributed by atoms with van der Waals surface area (Å²) in [6.07, 6.45) is 0. The van der Waals surface area contributed by atoms with Crippen LogP contribution in [-0.2, 0) is 4.57 Å². The Morgan fingerprint density at radius 3 is 2.00 bits per heavy atom. The molecule has 1 aromatic carbocycles. The van der Waals surface area contributed by atoms with Gasteiger partial charge in [0.05, 0.1) is 0 Å². The van der Waals surface area contributed by atoms with Gasteiger partial charge in [0.2, 0.25) is 0 Å². The van der Waals surface area contributed by atoms with Gasteiger partial charge in [-0.15, -0.1) is 0 Å². The molecule has 0 aliphatic carbocycles. The van der Waals surface area contributed by atoms with E-state index in [4.69, 9.17) is 11.0 Å².